The second-order valence-electron chi connectivity index (χ2n) is 2.71. The van der Waals surface area contributed by atoms with Crippen LogP contribution in [0.3, 0.4) is 0 Å². The summed E-state index contributed by atoms with van der Waals surface area (Å²) in [6, 6.07) is 3.62. The summed E-state index contributed by atoms with van der Waals surface area (Å²) in [5, 5.41) is 5.52. The van der Waals surface area contributed by atoms with E-state index in [0.717, 1.165) is 11.4 Å². The van der Waals surface area contributed by atoms with E-state index in [1.165, 1.54) is 0 Å². The minimum Gasteiger partial charge on any atom is -0.323 e. The Balaban J connectivity index is 2.63. The maximum atomic E-state index is 11.2. The molecule has 1 amide bonds. The first kappa shape index (κ1) is 9.67. The van der Waals surface area contributed by atoms with Crippen molar-refractivity contribution in [3.05, 3.63) is 24.0 Å². The average Bonchev–Trinajstić information content (AvgIpc) is 2.09. The number of amides is 1. The summed E-state index contributed by atoms with van der Waals surface area (Å²) in [5.41, 5.74) is 1.59. The number of hydrogen-bond acceptors (Lipinski definition) is 3. The Morgan fingerprint density at radius 3 is 3.00 bits per heavy atom. The van der Waals surface area contributed by atoms with E-state index in [9.17, 15) is 4.79 Å². The molecule has 0 saturated heterocycles. The maximum absolute atomic E-state index is 11.2. The number of carbonyl (C=O) groups is 1. The molecule has 0 radical (unpaired) electrons. The topological polar surface area (TPSA) is 54.0 Å². The highest BCUT2D eigenvalue weighted by molar-refractivity contribution is 5.92. The number of rotatable bonds is 3. The van der Waals surface area contributed by atoms with E-state index in [1.54, 1.807) is 19.3 Å². The normalized spacial score (nSPS) is 9.69. The molecular formula is C9H13N3O. The molecule has 0 aliphatic heterocycles. The van der Waals surface area contributed by atoms with Crippen LogP contribution in [0.25, 0.3) is 0 Å². The van der Waals surface area contributed by atoms with Crippen molar-refractivity contribution in [1.82, 2.24) is 10.3 Å². The first-order valence-electron chi connectivity index (χ1n) is 4.10. The zero-order chi connectivity index (χ0) is 9.68. The molecule has 0 spiro atoms. The molecule has 0 atom stereocenters. The molecule has 4 heteroatoms. The van der Waals surface area contributed by atoms with E-state index >= 15 is 0 Å². The van der Waals surface area contributed by atoms with Gasteiger partial charge < -0.3 is 10.6 Å². The molecule has 0 aromatic carbocycles. The van der Waals surface area contributed by atoms with E-state index in [-0.39, 0.29) is 5.91 Å². The first-order valence-corrected chi connectivity index (χ1v) is 4.10. The van der Waals surface area contributed by atoms with Gasteiger partial charge in [-0.3, -0.25) is 9.78 Å². The lowest BCUT2D eigenvalue weighted by Crippen LogP contribution is -2.25. The Kier molecular flexibility index (Phi) is 3.40. The van der Waals surface area contributed by atoms with Crippen LogP contribution in [0.2, 0.25) is 0 Å². The van der Waals surface area contributed by atoms with E-state index in [1.807, 2.05) is 13.0 Å². The molecule has 2 N–H and O–H groups in total. The summed E-state index contributed by atoms with van der Waals surface area (Å²) < 4.78 is 0. The third-order valence-corrected chi connectivity index (χ3v) is 1.62. The molecule has 1 aromatic heterocycles. The van der Waals surface area contributed by atoms with Crippen molar-refractivity contribution in [2.75, 3.05) is 18.9 Å². The molecule has 1 rings (SSSR count). The lowest BCUT2D eigenvalue weighted by atomic mass is 10.3. The highest BCUT2D eigenvalue weighted by Crippen LogP contribution is 2.09. The fourth-order valence-corrected chi connectivity index (χ4v) is 0.971. The summed E-state index contributed by atoms with van der Waals surface area (Å²) in [4.78, 5) is 15.2. The van der Waals surface area contributed by atoms with Crippen LogP contribution in [0.5, 0.6) is 0 Å². The van der Waals surface area contributed by atoms with Crippen molar-refractivity contribution in [2.45, 2.75) is 6.92 Å². The van der Waals surface area contributed by atoms with Crippen molar-refractivity contribution in [1.29, 1.82) is 0 Å². The summed E-state index contributed by atoms with van der Waals surface area (Å²) in [6.45, 7) is 2.17. The van der Waals surface area contributed by atoms with Gasteiger partial charge in [0.25, 0.3) is 0 Å². The van der Waals surface area contributed by atoms with Gasteiger partial charge in [-0.2, -0.15) is 0 Å². The molecule has 70 valence electrons. The fourth-order valence-electron chi connectivity index (χ4n) is 0.971. The Morgan fingerprint density at radius 1 is 1.62 bits per heavy atom. The molecule has 0 unspecified atom stereocenters. The Labute approximate surface area is 77.4 Å². The van der Waals surface area contributed by atoms with Gasteiger partial charge in [-0.05, 0) is 26.1 Å². The van der Waals surface area contributed by atoms with E-state index in [4.69, 9.17) is 0 Å². The monoisotopic (exact) mass is 179 g/mol. The molecule has 0 saturated carbocycles. The van der Waals surface area contributed by atoms with Crippen molar-refractivity contribution < 1.29 is 4.79 Å². The van der Waals surface area contributed by atoms with Gasteiger partial charge in [0.05, 0.1) is 17.9 Å². The number of pyridine rings is 1. The van der Waals surface area contributed by atoms with E-state index in [0.29, 0.717) is 6.54 Å². The second-order valence-corrected chi connectivity index (χ2v) is 2.71. The third-order valence-electron chi connectivity index (χ3n) is 1.62. The first-order chi connectivity index (χ1) is 6.24. The number of nitrogens with one attached hydrogen (secondary N) is 2. The van der Waals surface area contributed by atoms with Gasteiger partial charge >= 0.3 is 0 Å². The Hall–Kier alpha value is -1.42. The number of hydrogen-bond donors (Lipinski definition) is 2. The fraction of sp³-hybridized carbons (Fsp3) is 0.333. The van der Waals surface area contributed by atoms with Crippen LogP contribution in [-0.4, -0.2) is 24.5 Å². The standard InChI is InChI=1S/C9H13N3O/c1-7-8(4-3-5-11-7)12-9(13)6-10-2/h3-5,10H,6H2,1-2H3,(H,12,13). The number of likely N-dealkylation sites (N-methyl/N-ethyl adjacent to an activating group) is 1. The minimum absolute atomic E-state index is 0.0569. The summed E-state index contributed by atoms with van der Waals surface area (Å²) in [6.07, 6.45) is 1.70. The molecule has 0 bridgehead atoms. The maximum Gasteiger partial charge on any atom is 0.238 e. The van der Waals surface area contributed by atoms with Gasteiger partial charge in [0, 0.05) is 6.20 Å². The molecule has 1 heterocycles. The smallest absolute Gasteiger partial charge is 0.238 e. The lowest BCUT2D eigenvalue weighted by molar-refractivity contribution is -0.115. The third kappa shape index (κ3) is 2.83. The van der Waals surface area contributed by atoms with Gasteiger partial charge in [0.15, 0.2) is 0 Å². The van der Waals surface area contributed by atoms with Gasteiger partial charge in [0.1, 0.15) is 0 Å². The SMILES string of the molecule is CNCC(=O)Nc1cccnc1C. The predicted octanol–water partition coefficient (Wildman–Crippen LogP) is 0.548. The van der Waals surface area contributed by atoms with Crippen molar-refractivity contribution >= 4 is 11.6 Å². The number of anilines is 1. The predicted molar refractivity (Wildman–Crippen MR) is 51.5 cm³/mol. The second kappa shape index (κ2) is 4.57. The quantitative estimate of drug-likeness (QED) is 0.712. The Morgan fingerprint density at radius 2 is 2.38 bits per heavy atom. The summed E-state index contributed by atoms with van der Waals surface area (Å²) >= 11 is 0. The highest BCUT2D eigenvalue weighted by Gasteiger charge is 2.02. The zero-order valence-corrected chi connectivity index (χ0v) is 7.79. The molecule has 0 aliphatic rings. The van der Waals surface area contributed by atoms with Crippen molar-refractivity contribution in [3.8, 4) is 0 Å². The molecule has 0 fully saturated rings. The molecule has 0 aliphatic carbocycles. The highest BCUT2D eigenvalue weighted by atomic mass is 16.1. The molecule has 4 nitrogen and oxygen atoms in total. The zero-order valence-electron chi connectivity index (χ0n) is 7.79. The lowest BCUT2D eigenvalue weighted by Gasteiger charge is -2.06. The summed E-state index contributed by atoms with van der Waals surface area (Å²) in [5.74, 6) is -0.0569. The van der Waals surface area contributed by atoms with E-state index in [2.05, 4.69) is 15.6 Å². The van der Waals surface area contributed by atoms with E-state index < -0.39 is 0 Å². The number of aromatic nitrogens is 1. The van der Waals surface area contributed by atoms with Crippen LogP contribution in [0.1, 0.15) is 5.69 Å². The van der Waals surface area contributed by atoms with Crippen molar-refractivity contribution in [2.24, 2.45) is 0 Å². The molecule has 1 aromatic rings. The van der Waals surface area contributed by atoms with Crippen LogP contribution in [0.15, 0.2) is 18.3 Å². The van der Waals surface area contributed by atoms with Gasteiger partial charge in [-0.25, -0.2) is 0 Å². The van der Waals surface area contributed by atoms with Crippen LogP contribution in [0, 0.1) is 6.92 Å². The van der Waals surface area contributed by atoms with Gasteiger partial charge in [-0.15, -0.1) is 0 Å². The molecule has 13 heavy (non-hydrogen) atoms. The van der Waals surface area contributed by atoms with Crippen LogP contribution >= 0.6 is 0 Å². The van der Waals surface area contributed by atoms with Gasteiger partial charge in [-0.1, -0.05) is 0 Å². The Bertz CT molecular complexity index is 299. The number of carbonyl (C=O) groups excluding carboxylic acids is 1. The largest absolute Gasteiger partial charge is 0.323 e. The van der Waals surface area contributed by atoms with Crippen LogP contribution < -0.4 is 10.6 Å². The summed E-state index contributed by atoms with van der Waals surface area (Å²) in [7, 11) is 1.73. The molecular weight excluding hydrogens is 166 g/mol. The van der Waals surface area contributed by atoms with Crippen LogP contribution in [-0.2, 0) is 4.79 Å². The number of aryl methyl sites for hydroxylation is 1. The van der Waals surface area contributed by atoms with Gasteiger partial charge in [0.2, 0.25) is 5.91 Å². The van der Waals surface area contributed by atoms with Crippen molar-refractivity contribution in [3.63, 3.8) is 0 Å². The van der Waals surface area contributed by atoms with Crippen LogP contribution in [0.4, 0.5) is 5.69 Å². The minimum atomic E-state index is -0.0569. The number of nitrogens with zero attached hydrogens (tertiary/aromatic N) is 1. The average molecular weight is 179 g/mol.